The molecule has 48 valence electrons. The van der Waals surface area contributed by atoms with Gasteiger partial charge in [0.05, 0.1) is 7.11 Å². The summed E-state index contributed by atoms with van der Waals surface area (Å²) in [7, 11) is 1.10. The zero-order chi connectivity index (χ0) is 7.28. The molecule has 0 spiro atoms. The summed E-state index contributed by atoms with van der Waals surface area (Å²) in [6.07, 6.45) is 0. The normalized spacial score (nSPS) is 7.56. The minimum Gasteiger partial charge on any atom is -0.463 e. The quantitative estimate of drug-likeness (QED) is 0.289. The van der Waals surface area contributed by atoms with Crippen LogP contribution in [0.5, 0.6) is 0 Å². The smallest absolute Gasteiger partial charge is 0.382 e. The van der Waals surface area contributed by atoms with E-state index in [1.165, 1.54) is 0 Å². The SMILES string of the molecule is [C-]#[N+]CC(=O)C(=O)OC. The summed E-state index contributed by atoms with van der Waals surface area (Å²) in [5.41, 5.74) is 0. The molecule has 0 bridgehead atoms. The van der Waals surface area contributed by atoms with Crippen LogP contribution >= 0.6 is 0 Å². The summed E-state index contributed by atoms with van der Waals surface area (Å²) >= 11 is 0. The maximum Gasteiger partial charge on any atom is 0.382 e. The highest BCUT2D eigenvalue weighted by atomic mass is 16.5. The predicted molar refractivity (Wildman–Crippen MR) is 28.5 cm³/mol. The number of hydrogen-bond acceptors (Lipinski definition) is 3. The number of rotatable bonds is 2. The van der Waals surface area contributed by atoms with Gasteiger partial charge in [0.2, 0.25) is 0 Å². The lowest BCUT2D eigenvalue weighted by Crippen LogP contribution is -2.17. The second-order valence-corrected chi connectivity index (χ2v) is 1.23. The third kappa shape index (κ3) is 2.44. The molecule has 0 atom stereocenters. The zero-order valence-corrected chi connectivity index (χ0v) is 4.88. The Morgan fingerprint density at radius 2 is 2.22 bits per heavy atom. The van der Waals surface area contributed by atoms with Crippen molar-refractivity contribution in [2.45, 2.75) is 0 Å². The van der Waals surface area contributed by atoms with E-state index in [2.05, 4.69) is 9.58 Å². The molecule has 0 aliphatic heterocycles. The lowest BCUT2D eigenvalue weighted by molar-refractivity contribution is -0.150. The highest BCUT2D eigenvalue weighted by Gasteiger charge is 2.15. The van der Waals surface area contributed by atoms with Crippen molar-refractivity contribution in [1.29, 1.82) is 0 Å². The third-order valence-electron chi connectivity index (χ3n) is 0.636. The number of carbonyl (C=O) groups excluding carboxylic acids is 2. The molecule has 0 aromatic rings. The van der Waals surface area contributed by atoms with Crippen LogP contribution in [0.2, 0.25) is 0 Å². The van der Waals surface area contributed by atoms with Crippen LogP contribution < -0.4 is 0 Å². The average molecular weight is 127 g/mol. The Balaban J connectivity index is 3.77. The first-order chi connectivity index (χ1) is 4.22. The number of hydrogen-bond donors (Lipinski definition) is 0. The second kappa shape index (κ2) is 3.61. The van der Waals surface area contributed by atoms with E-state index in [1.54, 1.807) is 0 Å². The summed E-state index contributed by atoms with van der Waals surface area (Å²) in [5, 5.41) is 0. The van der Waals surface area contributed by atoms with Gasteiger partial charge in [-0.15, -0.1) is 0 Å². The van der Waals surface area contributed by atoms with Crippen molar-refractivity contribution >= 4 is 11.8 Å². The lowest BCUT2D eigenvalue weighted by atomic mass is 10.4. The molecule has 0 rings (SSSR count). The fraction of sp³-hybridized carbons (Fsp3) is 0.400. The molecule has 9 heavy (non-hydrogen) atoms. The maximum absolute atomic E-state index is 10.3. The molecule has 0 amide bonds. The molecular formula is C5H5NO3. The van der Waals surface area contributed by atoms with Crippen molar-refractivity contribution in [2.24, 2.45) is 0 Å². The van der Waals surface area contributed by atoms with Gasteiger partial charge < -0.3 is 9.58 Å². The number of methoxy groups -OCH3 is 1. The van der Waals surface area contributed by atoms with Crippen LogP contribution in [-0.2, 0) is 14.3 Å². The summed E-state index contributed by atoms with van der Waals surface area (Å²) in [5.74, 6) is -1.75. The monoisotopic (exact) mass is 127 g/mol. The molecule has 0 N–H and O–H groups in total. The highest BCUT2D eigenvalue weighted by molar-refractivity contribution is 6.34. The highest BCUT2D eigenvalue weighted by Crippen LogP contribution is 1.78. The Labute approximate surface area is 52.2 Å². The second-order valence-electron chi connectivity index (χ2n) is 1.23. The Morgan fingerprint density at radius 3 is 2.56 bits per heavy atom. The Hall–Kier alpha value is -1.37. The van der Waals surface area contributed by atoms with E-state index in [0.717, 1.165) is 7.11 Å². The molecule has 4 nitrogen and oxygen atoms in total. The number of nitrogens with zero attached hydrogens (tertiary/aromatic N) is 1. The summed E-state index contributed by atoms with van der Waals surface area (Å²) in [6, 6.07) is 0. The first-order valence-corrected chi connectivity index (χ1v) is 2.16. The maximum atomic E-state index is 10.3. The zero-order valence-electron chi connectivity index (χ0n) is 4.88. The molecule has 0 unspecified atom stereocenters. The van der Waals surface area contributed by atoms with Crippen molar-refractivity contribution in [3.8, 4) is 0 Å². The molecule has 0 saturated carbocycles. The van der Waals surface area contributed by atoms with E-state index in [0.29, 0.717) is 0 Å². The van der Waals surface area contributed by atoms with E-state index < -0.39 is 18.3 Å². The van der Waals surface area contributed by atoms with Crippen molar-refractivity contribution in [1.82, 2.24) is 0 Å². The van der Waals surface area contributed by atoms with Gasteiger partial charge >= 0.3 is 11.8 Å². The topological polar surface area (TPSA) is 47.7 Å². The molecule has 0 aliphatic carbocycles. The fourth-order valence-corrected chi connectivity index (χ4v) is 0.250. The fourth-order valence-electron chi connectivity index (χ4n) is 0.250. The van der Waals surface area contributed by atoms with Crippen LogP contribution in [0.1, 0.15) is 0 Å². The van der Waals surface area contributed by atoms with Crippen molar-refractivity contribution in [3.05, 3.63) is 11.4 Å². The van der Waals surface area contributed by atoms with Gasteiger partial charge in [0.25, 0.3) is 6.54 Å². The van der Waals surface area contributed by atoms with Gasteiger partial charge in [-0.05, 0) is 0 Å². The number of ether oxygens (including phenoxy) is 1. The van der Waals surface area contributed by atoms with Crippen LogP contribution in [-0.4, -0.2) is 25.4 Å². The van der Waals surface area contributed by atoms with Crippen LogP contribution in [0.3, 0.4) is 0 Å². The van der Waals surface area contributed by atoms with Gasteiger partial charge in [-0.2, -0.15) is 0 Å². The minimum absolute atomic E-state index is 0.424. The molecule has 0 aliphatic rings. The average Bonchev–Trinajstić information content (AvgIpc) is 1.87. The number of Topliss-reactive ketones (excluding diaryl/α,β-unsaturated/α-hetero) is 1. The molecule has 0 saturated heterocycles. The molecule has 0 radical (unpaired) electrons. The Bertz CT molecular complexity index is 168. The van der Waals surface area contributed by atoms with Gasteiger partial charge in [0.1, 0.15) is 0 Å². The van der Waals surface area contributed by atoms with Crippen molar-refractivity contribution in [3.63, 3.8) is 0 Å². The molecule has 4 heteroatoms. The number of esters is 1. The van der Waals surface area contributed by atoms with Gasteiger partial charge in [-0.1, -0.05) is 0 Å². The first kappa shape index (κ1) is 7.63. The van der Waals surface area contributed by atoms with Crippen molar-refractivity contribution in [2.75, 3.05) is 13.7 Å². The van der Waals surface area contributed by atoms with E-state index in [-0.39, 0.29) is 0 Å². The molecular weight excluding hydrogens is 122 g/mol. The van der Waals surface area contributed by atoms with Crippen LogP contribution in [0.25, 0.3) is 4.85 Å². The largest absolute Gasteiger partial charge is 0.463 e. The summed E-state index contributed by atoms with van der Waals surface area (Å²) in [4.78, 5) is 23.2. The Kier molecular flexibility index (Phi) is 3.06. The van der Waals surface area contributed by atoms with Gasteiger partial charge in [0.15, 0.2) is 0 Å². The Morgan fingerprint density at radius 1 is 1.67 bits per heavy atom. The molecule has 0 aromatic heterocycles. The van der Waals surface area contributed by atoms with E-state index in [9.17, 15) is 9.59 Å². The van der Waals surface area contributed by atoms with Crippen LogP contribution in [0, 0.1) is 6.57 Å². The summed E-state index contributed by atoms with van der Waals surface area (Å²) < 4.78 is 4.03. The van der Waals surface area contributed by atoms with Crippen LogP contribution in [0.4, 0.5) is 0 Å². The molecule has 0 fully saturated rings. The van der Waals surface area contributed by atoms with Crippen LogP contribution in [0.15, 0.2) is 0 Å². The molecule has 0 aromatic carbocycles. The van der Waals surface area contributed by atoms with Gasteiger partial charge in [0, 0.05) is 0 Å². The van der Waals surface area contributed by atoms with Gasteiger partial charge in [-0.25, -0.2) is 11.4 Å². The minimum atomic E-state index is -0.953. The summed E-state index contributed by atoms with van der Waals surface area (Å²) in [6.45, 7) is 5.77. The predicted octanol–water partition coefficient (Wildman–Crippen LogP) is -0.352. The standard InChI is InChI=1S/C5H5NO3/c1-6-3-4(7)5(8)9-2/h3H2,2H3. The van der Waals surface area contributed by atoms with E-state index in [4.69, 9.17) is 6.57 Å². The van der Waals surface area contributed by atoms with E-state index >= 15 is 0 Å². The lowest BCUT2D eigenvalue weighted by Gasteiger charge is -1.88. The third-order valence-corrected chi connectivity index (χ3v) is 0.636. The number of ketones is 1. The molecule has 0 heterocycles. The first-order valence-electron chi connectivity index (χ1n) is 2.16. The van der Waals surface area contributed by atoms with Gasteiger partial charge in [-0.3, -0.25) is 4.79 Å². The number of carbonyl (C=O) groups is 2. The van der Waals surface area contributed by atoms with Crippen molar-refractivity contribution < 1.29 is 14.3 Å². The van der Waals surface area contributed by atoms with E-state index in [1.807, 2.05) is 0 Å².